The Labute approximate surface area is 195 Å². The molecule has 0 saturated heterocycles. The lowest BCUT2D eigenvalue weighted by Gasteiger charge is -2.42. The van der Waals surface area contributed by atoms with Crippen LogP contribution in [0.25, 0.3) is 0 Å². The van der Waals surface area contributed by atoms with Gasteiger partial charge in [-0.05, 0) is 106 Å². The number of carbonyl (C=O) groups is 1. The molecule has 182 valence electrons. The fourth-order valence-electron chi connectivity index (χ4n) is 5.60. The Morgan fingerprint density at radius 2 is 1.56 bits per heavy atom. The molecule has 0 aliphatic heterocycles. The average Bonchev–Trinajstić information content (AvgIpc) is 2.78. The van der Waals surface area contributed by atoms with E-state index in [-0.39, 0.29) is 22.8 Å². The summed E-state index contributed by atoms with van der Waals surface area (Å²) in [5.41, 5.74) is -1.20. The highest BCUT2D eigenvalue weighted by Gasteiger charge is 2.37. The van der Waals surface area contributed by atoms with Crippen molar-refractivity contribution in [1.82, 2.24) is 0 Å². The first-order valence-electron chi connectivity index (χ1n) is 11.7. The number of hydrogen-bond acceptors (Lipinski definition) is 2. The van der Waals surface area contributed by atoms with Crippen LogP contribution < -0.4 is 4.74 Å². The molecule has 4 atom stereocenters. The molecule has 2 aliphatic rings. The summed E-state index contributed by atoms with van der Waals surface area (Å²) in [5.74, 6) is -1.37. The van der Waals surface area contributed by atoms with Crippen LogP contribution in [-0.4, -0.2) is 5.97 Å². The van der Waals surface area contributed by atoms with Gasteiger partial charge in [-0.1, -0.05) is 12.2 Å². The van der Waals surface area contributed by atoms with Gasteiger partial charge in [0.05, 0.1) is 11.1 Å². The van der Waals surface area contributed by atoms with E-state index in [2.05, 4.69) is 12.2 Å². The van der Waals surface area contributed by atoms with E-state index < -0.39 is 29.3 Å². The highest BCUT2D eigenvalue weighted by atomic mass is 19.4. The first-order chi connectivity index (χ1) is 16.2. The van der Waals surface area contributed by atoms with Crippen LogP contribution in [0.5, 0.6) is 5.75 Å². The van der Waals surface area contributed by atoms with Gasteiger partial charge in [-0.25, -0.2) is 13.6 Å². The van der Waals surface area contributed by atoms with Crippen molar-refractivity contribution < 1.29 is 31.5 Å². The first-order valence-corrected chi connectivity index (χ1v) is 11.7. The van der Waals surface area contributed by atoms with Crippen LogP contribution in [0.3, 0.4) is 0 Å². The molecule has 0 amide bonds. The average molecular weight is 479 g/mol. The summed E-state index contributed by atoms with van der Waals surface area (Å²) in [4.78, 5) is 12.4. The number of hydrogen-bond donors (Lipinski definition) is 0. The zero-order valence-electron chi connectivity index (χ0n) is 18.9. The Balaban J connectivity index is 1.44. The number of allylic oxidation sites excluding steroid dienone is 2. The number of esters is 1. The number of benzene rings is 2. The zero-order valence-corrected chi connectivity index (χ0v) is 18.9. The van der Waals surface area contributed by atoms with E-state index in [0.29, 0.717) is 24.2 Å². The van der Waals surface area contributed by atoms with Gasteiger partial charge in [-0.2, -0.15) is 13.2 Å². The number of rotatable bonds is 4. The van der Waals surface area contributed by atoms with Crippen molar-refractivity contribution in [2.75, 3.05) is 0 Å². The molecule has 0 N–H and O–H groups in total. The second-order valence-electron chi connectivity index (χ2n) is 9.39. The third-order valence-corrected chi connectivity index (χ3v) is 7.23. The molecule has 2 fully saturated rings. The Hall–Kier alpha value is -2.70. The summed E-state index contributed by atoms with van der Waals surface area (Å²) in [5, 5.41) is 0. The molecule has 0 spiro atoms. The molecular formula is C27H27F5O2. The maximum atomic E-state index is 15.0. The Morgan fingerprint density at radius 3 is 2.18 bits per heavy atom. The molecule has 0 aromatic heterocycles. The molecule has 2 aromatic carbocycles. The zero-order chi connectivity index (χ0) is 24.5. The highest BCUT2D eigenvalue weighted by molar-refractivity contribution is 5.91. The van der Waals surface area contributed by atoms with Crippen molar-refractivity contribution in [3.05, 3.63) is 76.9 Å². The number of fused-ring (bicyclic) bond motifs is 1. The van der Waals surface area contributed by atoms with E-state index in [1.165, 1.54) is 0 Å². The van der Waals surface area contributed by atoms with Crippen molar-refractivity contribution >= 4 is 5.97 Å². The number of ether oxygens (including phenoxy) is 1. The van der Waals surface area contributed by atoms with Gasteiger partial charge in [-0.15, -0.1) is 0 Å². The van der Waals surface area contributed by atoms with E-state index in [1.54, 1.807) is 0 Å². The minimum absolute atomic E-state index is 0.0140. The van der Waals surface area contributed by atoms with Gasteiger partial charge >= 0.3 is 12.1 Å². The van der Waals surface area contributed by atoms with Crippen LogP contribution in [0.2, 0.25) is 0 Å². The minimum atomic E-state index is -4.52. The molecule has 0 heterocycles. The van der Waals surface area contributed by atoms with Gasteiger partial charge in [0.2, 0.25) is 0 Å². The minimum Gasteiger partial charge on any atom is -0.423 e. The SMILES string of the molecule is C/C=C/C1CCC2CC(c3c(F)cc(C(=O)Oc4ccc(C(F)(F)F)cc4)cc3F)CCC2C1. The Kier molecular flexibility index (Phi) is 7.10. The van der Waals surface area contributed by atoms with Crippen molar-refractivity contribution in [1.29, 1.82) is 0 Å². The molecule has 2 saturated carbocycles. The Bertz CT molecular complexity index is 1030. The van der Waals surface area contributed by atoms with Gasteiger partial charge in [0.1, 0.15) is 17.4 Å². The predicted octanol–water partition coefficient (Wildman–Crippen LogP) is 8.08. The fourth-order valence-corrected chi connectivity index (χ4v) is 5.60. The Morgan fingerprint density at radius 1 is 0.941 bits per heavy atom. The summed E-state index contributed by atoms with van der Waals surface area (Å²) in [6.07, 6.45) is 5.46. The van der Waals surface area contributed by atoms with Crippen LogP contribution in [0.1, 0.15) is 72.9 Å². The number of halogens is 5. The fraction of sp³-hybridized carbons (Fsp3) is 0.444. The lowest BCUT2D eigenvalue weighted by molar-refractivity contribution is -0.137. The molecule has 34 heavy (non-hydrogen) atoms. The monoisotopic (exact) mass is 478 g/mol. The topological polar surface area (TPSA) is 26.3 Å². The molecule has 4 rings (SSSR count). The van der Waals surface area contributed by atoms with Crippen molar-refractivity contribution in [2.24, 2.45) is 17.8 Å². The number of carbonyl (C=O) groups excluding carboxylic acids is 1. The third-order valence-electron chi connectivity index (χ3n) is 7.23. The van der Waals surface area contributed by atoms with E-state index in [9.17, 15) is 26.7 Å². The number of alkyl halides is 3. The summed E-state index contributed by atoms with van der Waals surface area (Å²) < 4.78 is 73.0. The summed E-state index contributed by atoms with van der Waals surface area (Å²) >= 11 is 0. The summed E-state index contributed by atoms with van der Waals surface area (Å²) in [6, 6.07) is 5.45. The van der Waals surface area contributed by atoms with E-state index >= 15 is 0 Å². The van der Waals surface area contributed by atoms with Gasteiger partial charge in [-0.3, -0.25) is 0 Å². The summed E-state index contributed by atoms with van der Waals surface area (Å²) in [7, 11) is 0. The van der Waals surface area contributed by atoms with Crippen molar-refractivity contribution in [2.45, 2.75) is 57.5 Å². The molecular weight excluding hydrogens is 451 g/mol. The molecule has 2 nitrogen and oxygen atoms in total. The van der Waals surface area contributed by atoms with Crippen LogP contribution in [0, 0.1) is 29.4 Å². The quantitative estimate of drug-likeness (QED) is 0.192. The lowest BCUT2D eigenvalue weighted by atomic mass is 9.63. The van der Waals surface area contributed by atoms with Crippen LogP contribution >= 0.6 is 0 Å². The molecule has 2 aromatic rings. The third kappa shape index (κ3) is 5.34. The highest BCUT2D eigenvalue weighted by Crippen LogP contribution is 2.48. The normalized spacial score (nSPS) is 25.2. The van der Waals surface area contributed by atoms with Gasteiger partial charge in [0, 0.05) is 5.56 Å². The van der Waals surface area contributed by atoms with Gasteiger partial charge < -0.3 is 4.74 Å². The molecule has 4 unspecified atom stereocenters. The maximum Gasteiger partial charge on any atom is 0.416 e. The first kappa shape index (κ1) is 24.4. The molecule has 2 aliphatic carbocycles. The van der Waals surface area contributed by atoms with Crippen LogP contribution in [-0.2, 0) is 6.18 Å². The molecule has 7 heteroatoms. The van der Waals surface area contributed by atoms with Crippen LogP contribution in [0.15, 0.2) is 48.6 Å². The summed E-state index contributed by atoms with van der Waals surface area (Å²) in [6.45, 7) is 2.03. The van der Waals surface area contributed by atoms with Gasteiger partial charge in [0.25, 0.3) is 0 Å². The molecule has 0 radical (unpaired) electrons. The van der Waals surface area contributed by atoms with Crippen molar-refractivity contribution in [3.63, 3.8) is 0 Å². The predicted molar refractivity (Wildman–Crippen MR) is 118 cm³/mol. The van der Waals surface area contributed by atoms with E-state index in [4.69, 9.17) is 4.74 Å². The molecule has 0 bridgehead atoms. The van der Waals surface area contributed by atoms with Gasteiger partial charge in [0.15, 0.2) is 0 Å². The van der Waals surface area contributed by atoms with Crippen molar-refractivity contribution in [3.8, 4) is 5.75 Å². The maximum absolute atomic E-state index is 15.0. The smallest absolute Gasteiger partial charge is 0.416 e. The second-order valence-corrected chi connectivity index (χ2v) is 9.39. The van der Waals surface area contributed by atoms with E-state index in [0.717, 1.165) is 68.5 Å². The largest absolute Gasteiger partial charge is 0.423 e. The lowest BCUT2D eigenvalue weighted by Crippen LogP contribution is -2.30. The second kappa shape index (κ2) is 9.88. The van der Waals surface area contributed by atoms with E-state index in [1.807, 2.05) is 6.92 Å². The standard InChI is InChI=1S/C27H27F5O2/c1-2-3-16-4-5-18-13-19(7-6-17(18)12-16)25-23(28)14-20(15-24(25)29)26(33)34-22-10-8-21(9-11-22)27(30,31)32/h2-3,8-11,14-19H,4-7,12-13H2,1H3/b3-2+. The van der Waals surface area contributed by atoms with Crippen LogP contribution in [0.4, 0.5) is 22.0 Å².